The zero-order chi connectivity index (χ0) is 17.5. The first-order chi connectivity index (χ1) is 11.5. The van der Waals surface area contributed by atoms with Gasteiger partial charge in [0.25, 0.3) is 0 Å². The number of tetrazole rings is 1. The van der Waals surface area contributed by atoms with Crippen LogP contribution in [0.4, 0.5) is 0 Å². The Labute approximate surface area is 151 Å². The van der Waals surface area contributed by atoms with Crippen LogP contribution in [-0.2, 0) is 25.5 Å². The number of hydrogen-bond acceptors (Lipinski definition) is 8. The molecule has 2 rings (SSSR count). The van der Waals surface area contributed by atoms with Crippen LogP contribution in [-0.4, -0.2) is 51.2 Å². The molecule has 0 spiro atoms. The molecule has 2 aromatic heterocycles. The predicted octanol–water partition coefficient (Wildman–Crippen LogP) is 1.76. The number of thiophene rings is 1. The van der Waals surface area contributed by atoms with Gasteiger partial charge in [-0.3, -0.25) is 4.79 Å². The lowest BCUT2D eigenvalue weighted by Gasteiger charge is -2.14. The molecule has 2 aromatic rings. The Bertz CT molecular complexity index is 676. The minimum Gasteiger partial charge on any atom is -0.468 e. The first-order valence-corrected chi connectivity index (χ1v) is 8.95. The van der Waals surface area contributed by atoms with Gasteiger partial charge in [-0.25, -0.2) is 4.79 Å². The molecule has 2 atom stereocenters. The predicted molar refractivity (Wildman–Crippen MR) is 90.0 cm³/mol. The van der Waals surface area contributed by atoms with Crippen molar-refractivity contribution < 1.29 is 19.1 Å². The lowest BCUT2D eigenvalue weighted by molar-refractivity contribution is -0.146. The van der Waals surface area contributed by atoms with E-state index in [9.17, 15) is 9.59 Å². The number of esters is 2. The second kappa shape index (κ2) is 8.88. The van der Waals surface area contributed by atoms with Gasteiger partial charge < -0.3 is 9.47 Å². The van der Waals surface area contributed by atoms with Gasteiger partial charge in [-0.2, -0.15) is 0 Å². The Kier molecular flexibility index (Phi) is 6.85. The number of nitrogens with zero attached hydrogens (tertiary/aromatic N) is 4. The minimum absolute atomic E-state index is 0.312. The third kappa shape index (κ3) is 4.84. The summed E-state index contributed by atoms with van der Waals surface area (Å²) in [5.74, 6) is -0.363. The maximum atomic E-state index is 12.0. The molecule has 8 nitrogen and oxygen atoms in total. The van der Waals surface area contributed by atoms with E-state index >= 15 is 0 Å². The highest BCUT2D eigenvalue weighted by Gasteiger charge is 2.27. The average molecular weight is 417 g/mol. The Hall–Kier alpha value is -1.81. The van der Waals surface area contributed by atoms with Crippen molar-refractivity contribution in [2.45, 2.75) is 30.1 Å². The van der Waals surface area contributed by atoms with Crippen molar-refractivity contribution in [2.75, 3.05) is 14.2 Å². The molecule has 0 saturated carbocycles. The normalized spacial score (nSPS) is 13.3. The van der Waals surface area contributed by atoms with Crippen LogP contribution in [0.1, 0.15) is 29.6 Å². The Morgan fingerprint density at radius 3 is 2.67 bits per heavy atom. The van der Waals surface area contributed by atoms with Gasteiger partial charge in [0.1, 0.15) is 4.83 Å². The number of carbonyl (C=O) groups is 2. The summed E-state index contributed by atoms with van der Waals surface area (Å²) < 4.78 is 9.45. The van der Waals surface area contributed by atoms with E-state index in [1.807, 2.05) is 17.5 Å². The standard InChI is InChI=1S/C14H17BrN4O4S/c1-22-13(20)10(15)5-6-11(14(21)23-2)19-17-12(16-18-19)8-9-4-3-7-24-9/h3-4,7,10-11H,5-6,8H2,1-2H3. The number of carbonyl (C=O) groups excluding carboxylic acids is 2. The molecule has 0 amide bonds. The fourth-order valence-corrected chi connectivity index (χ4v) is 3.19. The SMILES string of the molecule is COC(=O)C(Br)CCC(C(=O)OC)n1nnc(Cc2cccs2)n1. The largest absolute Gasteiger partial charge is 0.468 e. The van der Waals surface area contributed by atoms with Gasteiger partial charge in [0.15, 0.2) is 11.9 Å². The Morgan fingerprint density at radius 1 is 1.29 bits per heavy atom. The number of ether oxygens (including phenoxy) is 2. The molecule has 0 fully saturated rings. The van der Waals surface area contributed by atoms with Gasteiger partial charge in [-0.15, -0.1) is 26.3 Å². The van der Waals surface area contributed by atoms with Gasteiger partial charge in [-0.05, 0) is 29.5 Å². The van der Waals surface area contributed by atoms with Crippen LogP contribution in [0.2, 0.25) is 0 Å². The molecule has 0 aliphatic carbocycles. The maximum absolute atomic E-state index is 12.0. The van der Waals surface area contributed by atoms with E-state index in [2.05, 4.69) is 36.1 Å². The highest BCUT2D eigenvalue weighted by molar-refractivity contribution is 9.10. The van der Waals surface area contributed by atoms with E-state index in [0.717, 1.165) is 4.88 Å². The summed E-state index contributed by atoms with van der Waals surface area (Å²) in [6.45, 7) is 0. The molecule has 0 saturated heterocycles. The van der Waals surface area contributed by atoms with E-state index in [0.29, 0.717) is 25.1 Å². The topological polar surface area (TPSA) is 96.2 Å². The summed E-state index contributed by atoms with van der Waals surface area (Å²) in [6.07, 6.45) is 1.23. The quantitative estimate of drug-likeness (QED) is 0.477. The summed E-state index contributed by atoms with van der Waals surface area (Å²) in [6, 6.07) is 3.18. The number of aromatic nitrogens is 4. The number of alkyl halides is 1. The molecule has 0 aliphatic heterocycles. The fourth-order valence-electron chi connectivity index (χ4n) is 2.04. The molecule has 0 bridgehead atoms. The number of halogens is 1. The molecular weight excluding hydrogens is 400 g/mol. The van der Waals surface area contributed by atoms with Crippen molar-refractivity contribution in [2.24, 2.45) is 0 Å². The second-order valence-corrected chi connectivity index (χ2v) is 7.03. The molecule has 130 valence electrons. The minimum atomic E-state index is -0.746. The Morgan fingerprint density at radius 2 is 2.04 bits per heavy atom. The summed E-state index contributed by atoms with van der Waals surface area (Å²) >= 11 is 4.83. The first-order valence-electron chi connectivity index (χ1n) is 7.15. The van der Waals surface area contributed by atoms with E-state index in [-0.39, 0.29) is 0 Å². The molecule has 0 radical (unpaired) electrons. The van der Waals surface area contributed by atoms with Crippen molar-refractivity contribution in [1.82, 2.24) is 20.2 Å². The van der Waals surface area contributed by atoms with Gasteiger partial charge in [0, 0.05) is 11.3 Å². The third-order valence-electron chi connectivity index (χ3n) is 3.28. The number of hydrogen-bond donors (Lipinski definition) is 0. The van der Waals surface area contributed by atoms with E-state index in [1.165, 1.54) is 19.0 Å². The lowest BCUT2D eigenvalue weighted by atomic mass is 10.1. The van der Waals surface area contributed by atoms with Crippen LogP contribution in [0, 0.1) is 0 Å². The molecule has 0 N–H and O–H groups in total. The second-order valence-electron chi connectivity index (χ2n) is 4.89. The molecular formula is C14H17BrN4O4S. The summed E-state index contributed by atoms with van der Waals surface area (Å²) in [7, 11) is 2.61. The van der Waals surface area contributed by atoms with E-state index in [4.69, 9.17) is 4.74 Å². The first kappa shape index (κ1) is 18.5. The van der Waals surface area contributed by atoms with Crippen molar-refractivity contribution in [3.05, 3.63) is 28.2 Å². The third-order valence-corrected chi connectivity index (χ3v) is 4.99. The number of rotatable bonds is 8. The molecule has 2 unspecified atom stereocenters. The molecule has 2 heterocycles. The summed E-state index contributed by atoms with van der Waals surface area (Å²) in [5, 5.41) is 14.2. The summed E-state index contributed by atoms with van der Waals surface area (Å²) in [4.78, 5) is 25.3. The monoisotopic (exact) mass is 416 g/mol. The Balaban J connectivity index is 2.06. The van der Waals surface area contributed by atoms with E-state index < -0.39 is 22.8 Å². The van der Waals surface area contributed by atoms with Gasteiger partial charge >= 0.3 is 11.9 Å². The van der Waals surface area contributed by atoms with E-state index in [1.54, 1.807) is 11.3 Å². The van der Waals surface area contributed by atoms with Crippen LogP contribution in [0.3, 0.4) is 0 Å². The van der Waals surface area contributed by atoms with Crippen LogP contribution >= 0.6 is 27.3 Å². The highest BCUT2D eigenvalue weighted by Crippen LogP contribution is 2.20. The molecule has 24 heavy (non-hydrogen) atoms. The van der Waals surface area contributed by atoms with Gasteiger partial charge in [0.05, 0.1) is 14.2 Å². The molecule has 0 aromatic carbocycles. The summed E-state index contributed by atoms with van der Waals surface area (Å²) in [5.41, 5.74) is 0. The van der Waals surface area contributed by atoms with Crippen LogP contribution in [0.15, 0.2) is 17.5 Å². The highest BCUT2D eigenvalue weighted by atomic mass is 79.9. The maximum Gasteiger partial charge on any atom is 0.332 e. The zero-order valence-corrected chi connectivity index (χ0v) is 15.6. The van der Waals surface area contributed by atoms with Crippen molar-refractivity contribution in [3.63, 3.8) is 0 Å². The van der Waals surface area contributed by atoms with Crippen LogP contribution < -0.4 is 0 Å². The fraction of sp³-hybridized carbons (Fsp3) is 0.500. The zero-order valence-electron chi connectivity index (χ0n) is 13.2. The van der Waals surface area contributed by atoms with Crippen molar-refractivity contribution >= 4 is 39.2 Å². The van der Waals surface area contributed by atoms with Gasteiger partial charge in [-0.1, -0.05) is 22.0 Å². The molecule has 0 aliphatic rings. The molecule has 10 heteroatoms. The van der Waals surface area contributed by atoms with Crippen molar-refractivity contribution in [1.29, 1.82) is 0 Å². The number of methoxy groups -OCH3 is 2. The average Bonchev–Trinajstić information content (AvgIpc) is 3.26. The van der Waals surface area contributed by atoms with Gasteiger partial charge in [0.2, 0.25) is 0 Å². The van der Waals surface area contributed by atoms with Crippen LogP contribution in [0.25, 0.3) is 0 Å². The lowest BCUT2D eigenvalue weighted by Crippen LogP contribution is -2.25. The van der Waals surface area contributed by atoms with Crippen LogP contribution in [0.5, 0.6) is 0 Å². The smallest absolute Gasteiger partial charge is 0.332 e. The van der Waals surface area contributed by atoms with Crippen molar-refractivity contribution in [3.8, 4) is 0 Å².